The Morgan fingerprint density at radius 1 is 1.14 bits per heavy atom. The van der Waals surface area contributed by atoms with E-state index in [4.69, 9.17) is 0 Å². The van der Waals surface area contributed by atoms with Crippen LogP contribution >= 0.6 is 11.3 Å². The van der Waals surface area contributed by atoms with Crippen molar-refractivity contribution in [3.63, 3.8) is 0 Å². The molecule has 154 valence electrons. The van der Waals surface area contributed by atoms with E-state index in [9.17, 15) is 13.2 Å². The van der Waals surface area contributed by atoms with Gasteiger partial charge in [-0.05, 0) is 50.6 Å². The number of nitrogens with one attached hydrogen (secondary N) is 1. The first-order chi connectivity index (χ1) is 13.6. The van der Waals surface area contributed by atoms with Crippen LogP contribution in [0.5, 0.6) is 0 Å². The molecule has 29 heavy (non-hydrogen) atoms. The van der Waals surface area contributed by atoms with Crippen molar-refractivity contribution >= 4 is 33.0 Å². The molecule has 0 spiro atoms. The third-order valence-electron chi connectivity index (χ3n) is 4.57. The summed E-state index contributed by atoms with van der Waals surface area (Å²) < 4.78 is 28.1. The number of aromatic nitrogens is 2. The highest BCUT2D eigenvalue weighted by Gasteiger charge is 2.20. The summed E-state index contributed by atoms with van der Waals surface area (Å²) in [5, 5.41) is 5.46. The van der Waals surface area contributed by atoms with Crippen LogP contribution in [0.25, 0.3) is 5.13 Å². The second-order valence-corrected chi connectivity index (χ2v) is 10.0. The van der Waals surface area contributed by atoms with Gasteiger partial charge in [0, 0.05) is 36.6 Å². The highest BCUT2D eigenvalue weighted by atomic mass is 32.2. The van der Waals surface area contributed by atoms with E-state index in [1.54, 1.807) is 19.1 Å². The number of rotatable bonds is 6. The molecule has 0 bridgehead atoms. The van der Waals surface area contributed by atoms with Gasteiger partial charge in [-0.15, -0.1) is 11.3 Å². The van der Waals surface area contributed by atoms with Crippen LogP contribution in [0.4, 0.5) is 5.69 Å². The molecule has 0 saturated heterocycles. The average Bonchev–Trinajstić information content (AvgIpc) is 3.22. The van der Waals surface area contributed by atoms with Gasteiger partial charge in [0.05, 0.1) is 17.0 Å². The van der Waals surface area contributed by atoms with E-state index in [-0.39, 0.29) is 17.2 Å². The number of hydrogen-bond donors (Lipinski definition) is 1. The summed E-state index contributed by atoms with van der Waals surface area (Å²) in [4.78, 5) is 17.2. The zero-order chi connectivity index (χ0) is 21.3. The van der Waals surface area contributed by atoms with Crippen molar-refractivity contribution in [1.29, 1.82) is 0 Å². The Bertz CT molecular complexity index is 1140. The highest BCUT2D eigenvalue weighted by Crippen LogP contribution is 2.23. The molecule has 1 amide bonds. The van der Waals surface area contributed by atoms with Gasteiger partial charge in [0.1, 0.15) is 0 Å². The van der Waals surface area contributed by atoms with Gasteiger partial charge in [-0.2, -0.15) is 0 Å². The number of benzene rings is 1. The average molecular weight is 433 g/mol. The molecule has 0 radical (unpaired) electrons. The lowest BCUT2D eigenvalue weighted by Gasteiger charge is -2.15. The molecule has 0 aliphatic rings. The molecule has 0 saturated carbocycles. The maximum absolute atomic E-state index is 12.5. The molecule has 3 aromatic rings. The summed E-state index contributed by atoms with van der Waals surface area (Å²) >= 11 is 1.48. The van der Waals surface area contributed by atoms with Crippen LogP contribution in [-0.4, -0.2) is 42.3 Å². The number of anilines is 1. The summed E-state index contributed by atoms with van der Waals surface area (Å²) in [6.07, 6.45) is 0.111. The fourth-order valence-electron chi connectivity index (χ4n) is 2.97. The third-order valence-corrected chi connectivity index (χ3v) is 7.41. The highest BCUT2D eigenvalue weighted by molar-refractivity contribution is 7.89. The molecule has 1 N–H and O–H groups in total. The Balaban J connectivity index is 1.76. The zero-order valence-corrected chi connectivity index (χ0v) is 18.7. The van der Waals surface area contributed by atoms with E-state index >= 15 is 0 Å². The molecule has 7 nitrogen and oxygen atoms in total. The van der Waals surface area contributed by atoms with Gasteiger partial charge in [-0.3, -0.25) is 9.36 Å². The smallest absolute Gasteiger partial charge is 0.242 e. The van der Waals surface area contributed by atoms with E-state index in [1.165, 1.54) is 31.5 Å². The van der Waals surface area contributed by atoms with E-state index in [0.29, 0.717) is 16.9 Å². The van der Waals surface area contributed by atoms with Crippen molar-refractivity contribution in [3.8, 4) is 5.13 Å². The monoisotopic (exact) mass is 432 g/mol. The van der Waals surface area contributed by atoms with Crippen LogP contribution in [0.1, 0.15) is 22.6 Å². The Morgan fingerprint density at radius 2 is 1.79 bits per heavy atom. The molecular weight excluding hydrogens is 408 g/mol. The van der Waals surface area contributed by atoms with E-state index < -0.39 is 10.0 Å². The van der Waals surface area contributed by atoms with Gasteiger partial charge in [0.2, 0.25) is 15.9 Å². The maximum atomic E-state index is 12.5. The lowest BCUT2D eigenvalue weighted by molar-refractivity contribution is -0.115. The predicted octanol–water partition coefficient (Wildman–Crippen LogP) is 3.29. The van der Waals surface area contributed by atoms with Crippen molar-refractivity contribution in [2.75, 3.05) is 19.4 Å². The topological polar surface area (TPSA) is 84.3 Å². The summed E-state index contributed by atoms with van der Waals surface area (Å²) in [7, 11) is -0.626. The fraction of sp³-hybridized carbons (Fsp3) is 0.300. The minimum Gasteiger partial charge on any atom is -0.326 e. The summed E-state index contributed by atoms with van der Waals surface area (Å²) in [5.41, 5.74) is 3.90. The van der Waals surface area contributed by atoms with Crippen LogP contribution in [-0.2, 0) is 21.2 Å². The molecule has 0 aliphatic heterocycles. The van der Waals surface area contributed by atoms with E-state index in [2.05, 4.69) is 10.3 Å². The van der Waals surface area contributed by atoms with Gasteiger partial charge in [0.15, 0.2) is 5.13 Å². The number of sulfonamides is 1. The molecular formula is C20H24N4O3S2. The second-order valence-electron chi connectivity index (χ2n) is 7.07. The lowest BCUT2D eigenvalue weighted by atomic mass is 10.2. The summed E-state index contributed by atoms with van der Waals surface area (Å²) in [6, 6.07) is 8.92. The van der Waals surface area contributed by atoms with Gasteiger partial charge >= 0.3 is 0 Å². The third kappa shape index (κ3) is 4.42. The Hall–Kier alpha value is -2.49. The largest absolute Gasteiger partial charge is 0.326 e. The molecule has 2 heterocycles. The van der Waals surface area contributed by atoms with Crippen molar-refractivity contribution in [2.45, 2.75) is 32.1 Å². The molecule has 2 aromatic heterocycles. The molecule has 1 aromatic carbocycles. The lowest BCUT2D eigenvalue weighted by Crippen LogP contribution is -2.23. The van der Waals surface area contributed by atoms with Gasteiger partial charge in [-0.1, -0.05) is 6.07 Å². The fourth-order valence-corrected chi connectivity index (χ4v) is 5.06. The van der Waals surface area contributed by atoms with Crippen LogP contribution < -0.4 is 5.32 Å². The van der Waals surface area contributed by atoms with Crippen LogP contribution in [0, 0.1) is 20.8 Å². The van der Waals surface area contributed by atoms with Gasteiger partial charge in [-0.25, -0.2) is 17.7 Å². The van der Waals surface area contributed by atoms with E-state index in [0.717, 1.165) is 20.8 Å². The number of amides is 1. The van der Waals surface area contributed by atoms with Crippen molar-refractivity contribution in [3.05, 3.63) is 58.4 Å². The predicted molar refractivity (Wildman–Crippen MR) is 115 cm³/mol. The first-order valence-corrected chi connectivity index (χ1v) is 11.3. The minimum atomic E-state index is -3.59. The number of carbonyl (C=O) groups excluding carboxylic acids is 1. The zero-order valence-electron chi connectivity index (χ0n) is 17.1. The molecule has 0 unspecified atom stereocenters. The second kappa shape index (κ2) is 8.10. The van der Waals surface area contributed by atoms with Crippen LogP contribution in [0.2, 0.25) is 0 Å². The van der Waals surface area contributed by atoms with Crippen molar-refractivity contribution in [2.24, 2.45) is 0 Å². The Morgan fingerprint density at radius 3 is 2.41 bits per heavy atom. The minimum absolute atomic E-state index is 0.111. The van der Waals surface area contributed by atoms with Crippen LogP contribution in [0.3, 0.4) is 0 Å². The Labute approximate surface area is 175 Å². The number of carbonyl (C=O) groups is 1. The molecule has 0 atom stereocenters. The van der Waals surface area contributed by atoms with Gasteiger partial charge in [0.25, 0.3) is 0 Å². The maximum Gasteiger partial charge on any atom is 0.242 e. The number of nitrogens with zero attached hydrogens (tertiary/aromatic N) is 3. The summed E-state index contributed by atoms with van der Waals surface area (Å²) in [6.45, 7) is 5.75. The first kappa shape index (κ1) is 21.2. The number of aryl methyl sites for hydroxylation is 3. The summed E-state index contributed by atoms with van der Waals surface area (Å²) in [5.74, 6) is -0.250. The molecule has 3 rings (SSSR count). The van der Waals surface area contributed by atoms with Crippen molar-refractivity contribution < 1.29 is 13.2 Å². The molecule has 0 aliphatic carbocycles. The molecule has 0 fully saturated rings. The number of hydrogen-bond acceptors (Lipinski definition) is 5. The molecule has 9 heteroatoms. The Kier molecular flexibility index (Phi) is 5.92. The van der Waals surface area contributed by atoms with Gasteiger partial charge < -0.3 is 5.32 Å². The normalized spacial score (nSPS) is 11.8. The van der Waals surface area contributed by atoms with E-state index in [1.807, 2.05) is 35.9 Å². The standard InChI is InChI=1S/C20H24N4O3S2/c1-13-6-9-16(10-18(13)29(26,27)23(4)5)21-19(25)11-17-12-28-20(22-17)24-14(2)7-8-15(24)3/h6-10,12H,11H2,1-5H3,(H,21,25). The number of thiazole rings is 1. The quantitative estimate of drug-likeness (QED) is 0.648. The SMILES string of the molecule is Cc1ccc(NC(=O)Cc2csc(-n3c(C)ccc3C)n2)cc1S(=O)(=O)N(C)C. The first-order valence-electron chi connectivity index (χ1n) is 9.02. The van der Waals surface area contributed by atoms with Crippen LogP contribution in [0.15, 0.2) is 40.6 Å². The van der Waals surface area contributed by atoms with Crippen molar-refractivity contribution in [1.82, 2.24) is 13.9 Å².